The molecule has 0 bridgehead atoms. The van der Waals surface area contributed by atoms with E-state index in [1.807, 2.05) is 48.7 Å². The summed E-state index contributed by atoms with van der Waals surface area (Å²) in [6.07, 6.45) is 27.4. The second-order valence-electron chi connectivity index (χ2n) is 28.4. The molecule has 4 aromatic heterocycles. The van der Waals surface area contributed by atoms with Crippen LogP contribution in [0.25, 0.3) is 76.0 Å². The number of thiophene rings is 2. The highest BCUT2D eigenvalue weighted by Crippen LogP contribution is 2.66. The first kappa shape index (κ1) is 72.4. The third-order valence-corrected chi connectivity index (χ3v) is 28.1. The fraction of sp³-hybridized carbons (Fsp3) is 0.341. The monoisotopic (exact) mass is 1520 g/mol. The first-order valence-electron chi connectivity index (χ1n) is 37.8. The van der Waals surface area contributed by atoms with Crippen molar-refractivity contribution in [2.24, 2.45) is 0 Å². The number of thiocarbonyl (C=S) groups is 2. The van der Waals surface area contributed by atoms with E-state index in [0.29, 0.717) is 31.5 Å². The number of aromatic nitrogens is 4. The number of carbonyl (C=O) groups excluding carboxylic acids is 2. The van der Waals surface area contributed by atoms with Gasteiger partial charge in [-0.25, -0.2) is 0 Å². The van der Waals surface area contributed by atoms with Crippen LogP contribution in [0.1, 0.15) is 222 Å². The van der Waals surface area contributed by atoms with Gasteiger partial charge in [-0.2, -0.15) is 17.5 Å². The van der Waals surface area contributed by atoms with Crippen LogP contribution in [0.2, 0.25) is 0 Å². The van der Waals surface area contributed by atoms with Gasteiger partial charge in [-0.3, -0.25) is 19.4 Å². The Bertz CT molecular complexity index is 4680. The summed E-state index contributed by atoms with van der Waals surface area (Å²) in [5.41, 5.74) is 23.4. The van der Waals surface area contributed by atoms with E-state index in [-0.39, 0.29) is 11.8 Å². The molecular formula is C88H88N6O2S8. The lowest BCUT2D eigenvalue weighted by Gasteiger charge is -2.36. The van der Waals surface area contributed by atoms with Crippen molar-refractivity contribution in [3.8, 4) is 41.8 Å². The minimum atomic E-state index is -0.757. The van der Waals surface area contributed by atoms with Crippen LogP contribution < -0.4 is 0 Å². The van der Waals surface area contributed by atoms with E-state index in [4.69, 9.17) is 41.9 Å². The molecule has 2 saturated heterocycles. The molecule has 2 aliphatic carbocycles. The van der Waals surface area contributed by atoms with Crippen molar-refractivity contribution in [2.75, 3.05) is 13.1 Å². The number of aryl methyl sites for hydroxylation is 4. The van der Waals surface area contributed by atoms with Crippen LogP contribution in [0.4, 0.5) is 0 Å². The molecule has 2 fully saturated rings. The van der Waals surface area contributed by atoms with Gasteiger partial charge < -0.3 is 0 Å². The van der Waals surface area contributed by atoms with Gasteiger partial charge in [-0.1, -0.05) is 274 Å². The van der Waals surface area contributed by atoms with Gasteiger partial charge >= 0.3 is 0 Å². The minimum Gasteiger partial charge on any atom is -0.293 e. The molecule has 11 aromatic rings. The first-order chi connectivity index (χ1) is 50.9. The Hall–Kier alpha value is -7.12. The molecule has 2 aliphatic heterocycles. The Labute approximate surface area is 649 Å². The molecular weight excluding hydrogens is 1430 g/mol. The van der Waals surface area contributed by atoms with Crippen molar-refractivity contribution < 1.29 is 9.59 Å². The third kappa shape index (κ3) is 13.3. The fourth-order valence-electron chi connectivity index (χ4n) is 16.4. The Balaban J connectivity index is 0.986. The van der Waals surface area contributed by atoms with Crippen LogP contribution in [0, 0.1) is 0 Å². The summed E-state index contributed by atoms with van der Waals surface area (Å²) in [5.74, 6) is -0.140. The summed E-state index contributed by atoms with van der Waals surface area (Å²) < 4.78 is 21.3. The average molecular weight is 1520 g/mol. The van der Waals surface area contributed by atoms with Crippen LogP contribution >= 0.6 is 94.1 Å². The summed E-state index contributed by atoms with van der Waals surface area (Å²) in [4.78, 5) is 36.7. The molecule has 0 unspecified atom stereocenters. The number of rotatable bonds is 30. The number of unbranched alkanes of at least 4 members (excludes halogenated alkanes) is 12. The smallest absolute Gasteiger partial charge is 0.266 e. The van der Waals surface area contributed by atoms with Gasteiger partial charge in [0.1, 0.15) is 30.7 Å². The van der Waals surface area contributed by atoms with Crippen LogP contribution in [-0.4, -0.2) is 60.8 Å². The molecule has 4 aliphatic rings. The maximum Gasteiger partial charge on any atom is 0.266 e. The average Bonchev–Trinajstić information content (AvgIpc) is 1.50. The van der Waals surface area contributed by atoms with Crippen LogP contribution in [-0.2, 0) is 46.1 Å². The number of thioether (sulfide) groups is 2. The van der Waals surface area contributed by atoms with Crippen LogP contribution in [0.3, 0.4) is 0 Å². The molecule has 16 heteroatoms. The van der Waals surface area contributed by atoms with E-state index in [1.165, 1.54) is 212 Å². The molecule has 104 heavy (non-hydrogen) atoms. The lowest BCUT2D eigenvalue weighted by atomic mass is 9.65. The zero-order chi connectivity index (χ0) is 71.6. The summed E-state index contributed by atoms with van der Waals surface area (Å²) in [7, 11) is 0. The Morgan fingerprint density at radius 2 is 0.683 bits per heavy atom. The van der Waals surface area contributed by atoms with Gasteiger partial charge in [0.05, 0.1) is 44.1 Å². The number of likely N-dealkylation sites (N-methyl/N-ethyl adjacent to an activating group) is 2. The van der Waals surface area contributed by atoms with Crippen molar-refractivity contribution in [2.45, 2.75) is 181 Å². The number of carbonyl (C=O) groups is 2. The molecule has 15 rings (SSSR count). The van der Waals surface area contributed by atoms with E-state index >= 15 is 0 Å². The largest absolute Gasteiger partial charge is 0.293 e. The lowest BCUT2D eigenvalue weighted by molar-refractivity contribution is -0.122. The van der Waals surface area contributed by atoms with Gasteiger partial charge in [-0.15, -0.1) is 22.7 Å². The molecule has 0 spiro atoms. The summed E-state index contributed by atoms with van der Waals surface area (Å²) in [5, 5.41) is 0. The van der Waals surface area contributed by atoms with Gasteiger partial charge in [0.2, 0.25) is 0 Å². The third-order valence-electron chi connectivity index (χ3n) is 21.9. The van der Waals surface area contributed by atoms with Crippen LogP contribution in [0.15, 0.2) is 155 Å². The summed E-state index contributed by atoms with van der Waals surface area (Å²) in [6.45, 7) is 14.1. The Morgan fingerprint density at radius 1 is 0.365 bits per heavy atom. The topological polar surface area (TPSA) is 92.2 Å². The quantitative estimate of drug-likeness (QED) is 0.0246. The van der Waals surface area contributed by atoms with E-state index in [9.17, 15) is 9.59 Å². The molecule has 0 atom stereocenters. The molecule has 0 N–H and O–H groups in total. The van der Waals surface area contributed by atoms with Crippen molar-refractivity contribution >= 4 is 149 Å². The van der Waals surface area contributed by atoms with Gasteiger partial charge in [0, 0.05) is 54.9 Å². The zero-order valence-corrected chi connectivity index (χ0v) is 66.9. The second-order valence-corrected chi connectivity index (χ2v) is 34.9. The Kier molecular flexibility index (Phi) is 22.1. The number of fused-ring (bicyclic) bond motifs is 8. The fourth-order valence-corrected chi connectivity index (χ4v) is 22.9. The summed E-state index contributed by atoms with van der Waals surface area (Å²) >= 11 is 20.3. The molecule has 530 valence electrons. The highest BCUT2D eigenvalue weighted by atomic mass is 32.2. The maximum atomic E-state index is 13.7. The first-order valence-corrected chi connectivity index (χ1v) is 43.4. The van der Waals surface area contributed by atoms with Gasteiger partial charge in [-0.05, 0) is 180 Å². The normalized spacial score (nSPS) is 15.8. The van der Waals surface area contributed by atoms with Crippen molar-refractivity contribution in [3.05, 3.63) is 233 Å². The van der Waals surface area contributed by atoms with Gasteiger partial charge in [0.15, 0.2) is 0 Å². The number of hydrogen-bond acceptors (Lipinski definition) is 14. The lowest BCUT2D eigenvalue weighted by Crippen LogP contribution is -2.30. The minimum absolute atomic E-state index is 0.0698. The molecule has 8 nitrogen and oxygen atoms in total. The van der Waals surface area contributed by atoms with Crippen molar-refractivity contribution in [1.29, 1.82) is 0 Å². The second kappa shape index (κ2) is 31.7. The highest BCUT2D eigenvalue weighted by Gasteiger charge is 2.53. The highest BCUT2D eigenvalue weighted by molar-refractivity contribution is 8.27. The zero-order valence-electron chi connectivity index (χ0n) is 60.3. The van der Waals surface area contributed by atoms with E-state index in [1.54, 1.807) is 9.80 Å². The van der Waals surface area contributed by atoms with Crippen molar-refractivity contribution in [1.82, 2.24) is 27.3 Å². The predicted molar refractivity (Wildman–Crippen MR) is 452 cm³/mol. The van der Waals surface area contributed by atoms with Crippen molar-refractivity contribution in [3.63, 3.8) is 0 Å². The standard InChI is InChI=1S/C88H88N6O2S8/c1-7-13-17-21-25-55-29-39-61(40-30-55)87(62-41-31-56(32-42-62)26-22-18-14-8-2)69-51-68-70(52-67(69)81-71(87)53-73(99-81)65-47-37-59(77-79(65)91-103-89-77)49-75-83(95)93(11-5)85(97)101-75)88(63-43-33-57(34-44-63)27-23-19-15-9-3,64-45-35-58(36-46-64)28-24-20-16-10-4)72-54-74(100-82(68)72)66-48-38-60(78-80(66)92-104-90-78)50-76-84(96)94(12-6)86(98)102-76/h29-54H,7-28H2,1-6H3/b75-49-,76-50+. The van der Waals surface area contributed by atoms with E-state index in [0.717, 1.165) is 105 Å². The number of nitrogens with zero attached hydrogens (tertiary/aromatic N) is 6. The molecule has 0 radical (unpaired) electrons. The summed E-state index contributed by atoms with van der Waals surface area (Å²) in [6, 6.07) is 58.0. The number of amides is 2. The van der Waals surface area contributed by atoms with E-state index in [2.05, 4.69) is 173 Å². The Morgan fingerprint density at radius 3 is 0.981 bits per heavy atom. The molecule has 2 amide bonds. The number of hydrogen-bond donors (Lipinski definition) is 0. The van der Waals surface area contributed by atoms with Gasteiger partial charge in [0.25, 0.3) is 11.8 Å². The molecule has 6 heterocycles. The maximum absolute atomic E-state index is 13.7. The molecule has 7 aromatic carbocycles. The van der Waals surface area contributed by atoms with E-state index < -0.39 is 10.8 Å². The molecule has 0 saturated carbocycles. The van der Waals surface area contributed by atoms with Crippen LogP contribution in [0.5, 0.6) is 0 Å². The SMILES string of the molecule is CCCCCCc1ccc(C2(c3ccc(CCCCCC)cc3)c3cc4c(cc3-c3sc(-c5ccc(/C=C6\SC(=S)N(CC)C6=O)c6nsnc56)cc32)C(c2ccc(CCCCCC)cc2)(c2ccc(CCCCCC)cc2)c2cc(-c3ccc(/C=C5/SC(=S)N(CC)C5=O)c5nsnc35)sc2-4)cc1. The predicted octanol–water partition coefficient (Wildman–Crippen LogP) is 24.8. The number of benzene rings is 7.